The monoisotopic (exact) mass is 433 g/mol. The summed E-state index contributed by atoms with van der Waals surface area (Å²) in [5, 5.41) is 2.77. The van der Waals surface area contributed by atoms with E-state index in [9.17, 15) is 9.59 Å². The van der Waals surface area contributed by atoms with Gasteiger partial charge in [0.2, 0.25) is 0 Å². The highest BCUT2D eigenvalue weighted by Gasteiger charge is 2.34. The molecule has 0 atom stereocenters. The molecule has 2 amide bonds. The minimum atomic E-state index is -0.458. The number of fused-ring (bicyclic) bond motifs is 1. The molecule has 4 rings (SSSR count). The molecule has 0 bridgehead atoms. The van der Waals surface area contributed by atoms with Gasteiger partial charge in [-0.25, -0.2) is 0 Å². The number of aryl methyl sites for hydroxylation is 2. The summed E-state index contributed by atoms with van der Waals surface area (Å²) < 4.78 is 0. The predicted molar refractivity (Wildman–Crippen MR) is 129 cm³/mol. The highest BCUT2D eigenvalue weighted by molar-refractivity contribution is 7.80. The van der Waals surface area contributed by atoms with Crippen LogP contribution in [0, 0.1) is 13.8 Å². The molecule has 0 aromatic heterocycles. The van der Waals surface area contributed by atoms with Crippen LogP contribution in [-0.4, -0.2) is 30.0 Å². The Hall–Kier alpha value is -2.99. The number of carbonyl (C=O) groups excluding carboxylic acids is 2. The second-order valence-corrected chi connectivity index (χ2v) is 8.59. The first kappa shape index (κ1) is 21.2. The molecule has 2 aliphatic rings. The molecule has 2 heterocycles. The summed E-state index contributed by atoms with van der Waals surface area (Å²) in [6.07, 6.45) is 5.00. The van der Waals surface area contributed by atoms with E-state index in [-0.39, 0.29) is 10.7 Å². The van der Waals surface area contributed by atoms with Gasteiger partial charge in [0.25, 0.3) is 11.8 Å². The number of thiocarbonyl (C=S) groups is 1. The second-order valence-electron chi connectivity index (χ2n) is 8.21. The van der Waals surface area contributed by atoms with E-state index < -0.39 is 11.8 Å². The molecule has 2 aliphatic heterocycles. The zero-order valence-corrected chi connectivity index (χ0v) is 19.0. The Morgan fingerprint density at radius 3 is 2.65 bits per heavy atom. The molecule has 31 heavy (non-hydrogen) atoms. The Bertz CT molecular complexity index is 1110. The van der Waals surface area contributed by atoms with Crippen LogP contribution in [0.3, 0.4) is 0 Å². The van der Waals surface area contributed by atoms with Crippen molar-refractivity contribution in [3.8, 4) is 0 Å². The van der Waals surface area contributed by atoms with Crippen molar-refractivity contribution in [1.29, 1.82) is 0 Å². The van der Waals surface area contributed by atoms with E-state index in [2.05, 4.69) is 29.3 Å². The minimum Gasteiger partial charge on any atom is -0.371 e. The lowest BCUT2D eigenvalue weighted by molar-refractivity contribution is -0.122. The lowest BCUT2D eigenvalue weighted by Gasteiger charge is -2.29. The molecular weight excluding hydrogens is 406 g/mol. The van der Waals surface area contributed by atoms with Crippen LogP contribution >= 0.6 is 12.2 Å². The molecule has 5 nitrogen and oxygen atoms in total. The van der Waals surface area contributed by atoms with Crippen molar-refractivity contribution < 1.29 is 9.59 Å². The molecule has 1 saturated heterocycles. The number of nitrogens with zero attached hydrogens (tertiary/aromatic N) is 2. The van der Waals surface area contributed by atoms with Gasteiger partial charge in [-0.3, -0.25) is 19.8 Å². The van der Waals surface area contributed by atoms with Crippen LogP contribution in [0.4, 0.5) is 11.4 Å². The molecule has 0 radical (unpaired) electrons. The topological polar surface area (TPSA) is 52.7 Å². The summed E-state index contributed by atoms with van der Waals surface area (Å²) in [5.41, 5.74) is 6.30. The number of amides is 2. The first-order valence-electron chi connectivity index (χ1n) is 10.8. The molecule has 0 spiro atoms. The minimum absolute atomic E-state index is 0.0904. The third kappa shape index (κ3) is 4.12. The fraction of sp³-hybridized carbons (Fsp3) is 0.320. The van der Waals surface area contributed by atoms with E-state index >= 15 is 0 Å². The predicted octanol–water partition coefficient (Wildman–Crippen LogP) is 4.30. The summed E-state index contributed by atoms with van der Waals surface area (Å²) >= 11 is 5.31. The maximum atomic E-state index is 13.3. The summed E-state index contributed by atoms with van der Waals surface area (Å²) in [4.78, 5) is 29.7. The van der Waals surface area contributed by atoms with Crippen LogP contribution in [0.2, 0.25) is 0 Å². The van der Waals surface area contributed by atoms with Crippen LogP contribution in [0.5, 0.6) is 0 Å². The highest BCUT2D eigenvalue weighted by atomic mass is 32.1. The van der Waals surface area contributed by atoms with E-state index in [1.807, 2.05) is 38.1 Å². The van der Waals surface area contributed by atoms with E-state index in [0.717, 1.165) is 36.2 Å². The number of carbonyl (C=O) groups is 2. The average Bonchev–Trinajstić information content (AvgIpc) is 3.14. The van der Waals surface area contributed by atoms with E-state index in [1.54, 1.807) is 6.08 Å². The summed E-state index contributed by atoms with van der Waals surface area (Å²) in [6.45, 7) is 8.28. The average molecular weight is 434 g/mol. The van der Waals surface area contributed by atoms with E-state index in [0.29, 0.717) is 5.69 Å². The van der Waals surface area contributed by atoms with Crippen LogP contribution in [0.25, 0.3) is 6.08 Å². The molecule has 6 heteroatoms. The van der Waals surface area contributed by atoms with Gasteiger partial charge in [-0.15, -0.1) is 0 Å². The lowest BCUT2D eigenvalue weighted by Crippen LogP contribution is -2.54. The molecule has 0 unspecified atom stereocenters. The number of anilines is 2. The number of hydrogen-bond donors (Lipinski definition) is 1. The van der Waals surface area contributed by atoms with Crippen molar-refractivity contribution in [2.45, 2.75) is 40.0 Å². The fourth-order valence-corrected chi connectivity index (χ4v) is 4.37. The molecule has 1 N–H and O–H groups in total. The normalized spacial score (nSPS) is 17.4. The van der Waals surface area contributed by atoms with E-state index in [4.69, 9.17) is 12.2 Å². The van der Waals surface area contributed by atoms with Crippen molar-refractivity contribution >= 4 is 46.6 Å². The van der Waals surface area contributed by atoms with Crippen molar-refractivity contribution in [3.63, 3.8) is 0 Å². The van der Waals surface area contributed by atoms with Gasteiger partial charge in [-0.05, 0) is 91.5 Å². The highest BCUT2D eigenvalue weighted by Crippen LogP contribution is 2.30. The van der Waals surface area contributed by atoms with Crippen LogP contribution < -0.4 is 15.1 Å². The van der Waals surface area contributed by atoms with Crippen molar-refractivity contribution in [2.24, 2.45) is 0 Å². The zero-order valence-electron chi connectivity index (χ0n) is 18.2. The van der Waals surface area contributed by atoms with Gasteiger partial charge < -0.3 is 4.90 Å². The van der Waals surface area contributed by atoms with Gasteiger partial charge in [0.15, 0.2) is 5.11 Å². The van der Waals surface area contributed by atoms with Gasteiger partial charge in [-0.1, -0.05) is 25.5 Å². The van der Waals surface area contributed by atoms with Crippen LogP contribution in [-0.2, 0) is 16.0 Å². The quantitative estimate of drug-likeness (QED) is 0.434. The summed E-state index contributed by atoms with van der Waals surface area (Å²) in [6, 6.07) is 11.9. The molecule has 1 fully saturated rings. The molecular formula is C25H27N3O2S. The number of rotatable bonds is 5. The second kappa shape index (κ2) is 8.63. The number of unbranched alkanes of at least 4 members (excludes halogenated alkanes) is 1. The van der Waals surface area contributed by atoms with E-state index in [1.165, 1.54) is 29.0 Å². The summed E-state index contributed by atoms with van der Waals surface area (Å²) in [5.74, 6) is -0.859. The molecule has 0 saturated carbocycles. The first-order chi connectivity index (χ1) is 14.9. The largest absolute Gasteiger partial charge is 0.371 e. The Labute approximate surface area is 188 Å². The third-order valence-electron chi connectivity index (χ3n) is 6.04. The number of benzene rings is 2. The maximum absolute atomic E-state index is 13.3. The first-order valence-corrected chi connectivity index (χ1v) is 11.2. The molecule has 2 aromatic carbocycles. The van der Waals surface area contributed by atoms with Gasteiger partial charge in [0.1, 0.15) is 5.57 Å². The van der Waals surface area contributed by atoms with Gasteiger partial charge >= 0.3 is 0 Å². The fourth-order valence-electron chi connectivity index (χ4n) is 4.08. The standard InChI is InChI=1S/C25H27N3O2S/c1-4-5-11-27-12-10-19-14-18(7-9-22(19)27)15-21-23(29)26-25(31)28(24(21)30)20-8-6-16(2)17(3)13-20/h6-9,13-15H,4-5,10-12H2,1-3H3,(H,26,29,31)/b21-15+. The molecule has 160 valence electrons. The lowest BCUT2D eigenvalue weighted by atomic mass is 10.0. The smallest absolute Gasteiger partial charge is 0.270 e. The van der Waals surface area contributed by atoms with Crippen molar-refractivity contribution in [3.05, 3.63) is 64.2 Å². The van der Waals surface area contributed by atoms with Gasteiger partial charge in [0.05, 0.1) is 5.69 Å². The van der Waals surface area contributed by atoms with Gasteiger partial charge in [0, 0.05) is 18.8 Å². The summed E-state index contributed by atoms with van der Waals surface area (Å²) in [7, 11) is 0. The number of hydrogen-bond acceptors (Lipinski definition) is 4. The molecule has 0 aliphatic carbocycles. The molecule has 2 aromatic rings. The zero-order chi connectivity index (χ0) is 22.1. The Kier molecular flexibility index (Phi) is 5.92. The maximum Gasteiger partial charge on any atom is 0.270 e. The Morgan fingerprint density at radius 2 is 1.90 bits per heavy atom. The Morgan fingerprint density at radius 1 is 1.10 bits per heavy atom. The van der Waals surface area contributed by atoms with Crippen molar-refractivity contribution in [1.82, 2.24) is 5.32 Å². The third-order valence-corrected chi connectivity index (χ3v) is 6.32. The van der Waals surface area contributed by atoms with Crippen LogP contribution in [0.1, 0.15) is 42.0 Å². The van der Waals surface area contributed by atoms with Gasteiger partial charge in [-0.2, -0.15) is 0 Å². The number of nitrogens with one attached hydrogen (secondary N) is 1. The van der Waals surface area contributed by atoms with Crippen LogP contribution in [0.15, 0.2) is 42.0 Å². The van der Waals surface area contributed by atoms with Crippen molar-refractivity contribution in [2.75, 3.05) is 22.9 Å². The Balaban J connectivity index is 1.64. The SMILES string of the molecule is CCCCN1CCc2cc(/C=C3\C(=O)NC(=S)N(c4ccc(C)c(C)c4)C3=O)ccc21.